The third-order valence-corrected chi connectivity index (χ3v) is 3.53. The van der Waals surface area contributed by atoms with Gasteiger partial charge in [-0.05, 0) is 18.6 Å². The van der Waals surface area contributed by atoms with Crippen LogP contribution in [0.25, 0.3) is 0 Å². The Balaban J connectivity index is 2.15. The molecule has 0 unspecified atom stereocenters. The minimum atomic E-state index is -0.733. The number of benzene rings is 1. The van der Waals surface area contributed by atoms with Crippen LogP contribution in [0.15, 0.2) is 18.2 Å². The van der Waals surface area contributed by atoms with E-state index in [1.165, 1.54) is 0 Å². The second-order valence-corrected chi connectivity index (χ2v) is 4.85. The molecule has 1 aliphatic rings. The second kappa shape index (κ2) is 4.20. The van der Waals surface area contributed by atoms with E-state index in [9.17, 15) is 9.90 Å². The van der Waals surface area contributed by atoms with Crippen molar-refractivity contribution in [2.45, 2.75) is 18.9 Å². The average molecular weight is 255 g/mol. The molecule has 1 saturated heterocycles. The van der Waals surface area contributed by atoms with Gasteiger partial charge in [0.2, 0.25) is 0 Å². The molecule has 1 aromatic rings. The summed E-state index contributed by atoms with van der Waals surface area (Å²) in [7, 11) is 0. The number of para-hydroxylation sites is 1. The van der Waals surface area contributed by atoms with Crippen molar-refractivity contribution in [2.75, 3.05) is 18.8 Å². The molecule has 0 aliphatic carbocycles. The number of nitrogens with two attached hydrogens (primary N) is 1. The summed E-state index contributed by atoms with van der Waals surface area (Å²) < 4.78 is 0. The molecule has 4 nitrogen and oxygen atoms in total. The lowest BCUT2D eigenvalue weighted by molar-refractivity contribution is -0.0826. The number of hydrogen-bond acceptors (Lipinski definition) is 3. The number of nitrogen functional groups attached to an aromatic ring is 1. The molecule has 0 saturated carbocycles. The van der Waals surface area contributed by atoms with Crippen molar-refractivity contribution in [3.8, 4) is 0 Å². The summed E-state index contributed by atoms with van der Waals surface area (Å²) in [6.45, 7) is 2.61. The Morgan fingerprint density at radius 3 is 2.82 bits per heavy atom. The first-order chi connectivity index (χ1) is 7.97. The maximum atomic E-state index is 12.1. The number of hydrogen-bond donors (Lipinski definition) is 2. The van der Waals surface area contributed by atoms with Gasteiger partial charge < -0.3 is 15.7 Å². The quantitative estimate of drug-likeness (QED) is 0.787. The van der Waals surface area contributed by atoms with E-state index in [1.54, 1.807) is 23.1 Å². The van der Waals surface area contributed by atoms with Crippen LogP contribution in [0.2, 0.25) is 5.02 Å². The predicted octanol–water partition coefficient (Wildman–Crippen LogP) is 1.52. The average Bonchev–Trinajstić information content (AvgIpc) is 2.28. The second-order valence-electron chi connectivity index (χ2n) is 4.44. The standard InChI is InChI=1S/C12H15ClN2O2/c1-2-12(17)6-15(7-12)11(16)8-4-3-5-9(13)10(8)14/h3-5,17H,2,6-7,14H2,1H3. The lowest BCUT2D eigenvalue weighted by Gasteiger charge is -2.46. The molecule has 17 heavy (non-hydrogen) atoms. The van der Waals surface area contributed by atoms with E-state index in [0.29, 0.717) is 35.8 Å². The highest BCUT2D eigenvalue weighted by Gasteiger charge is 2.42. The Bertz CT molecular complexity index is 456. The van der Waals surface area contributed by atoms with Crippen LogP contribution in [0.4, 0.5) is 5.69 Å². The Morgan fingerprint density at radius 1 is 1.59 bits per heavy atom. The number of likely N-dealkylation sites (tertiary alicyclic amines) is 1. The van der Waals surface area contributed by atoms with Gasteiger partial charge in [-0.1, -0.05) is 24.6 Å². The molecule has 1 amide bonds. The van der Waals surface area contributed by atoms with Crippen molar-refractivity contribution in [3.05, 3.63) is 28.8 Å². The molecule has 0 spiro atoms. The molecular weight excluding hydrogens is 240 g/mol. The van der Waals surface area contributed by atoms with Crippen molar-refractivity contribution in [3.63, 3.8) is 0 Å². The highest BCUT2D eigenvalue weighted by Crippen LogP contribution is 2.29. The molecule has 1 heterocycles. The number of anilines is 1. The van der Waals surface area contributed by atoms with Gasteiger partial charge in [-0.25, -0.2) is 0 Å². The fourth-order valence-electron chi connectivity index (χ4n) is 1.93. The maximum Gasteiger partial charge on any atom is 0.256 e. The maximum absolute atomic E-state index is 12.1. The summed E-state index contributed by atoms with van der Waals surface area (Å²) in [5.41, 5.74) is 5.72. The summed E-state index contributed by atoms with van der Waals surface area (Å²) in [5, 5.41) is 10.2. The lowest BCUT2D eigenvalue weighted by atomic mass is 9.90. The van der Waals surface area contributed by atoms with E-state index in [4.69, 9.17) is 17.3 Å². The molecule has 0 atom stereocenters. The van der Waals surface area contributed by atoms with E-state index in [0.717, 1.165) is 0 Å². The lowest BCUT2D eigenvalue weighted by Crippen LogP contribution is -2.63. The van der Waals surface area contributed by atoms with Gasteiger partial charge in [0.15, 0.2) is 0 Å². The van der Waals surface area contributed by atoms with Crippen molar-refractivity contribution in [1.29, 1.82) is 0 Å². The molecule has 0 bridgehead atoms. The van der Waals surface area contributed by atoms with E-state index < -0.39 is 5.60 Å². The Labute approximate surface area is 105 Å². The summed E-state index contributed by atoms with van der Waals surface area (Å²) in [4.78, 5) is 13.7. The minimum absolute atomic E-state index is 0.178. The summed E-state index contributed by atoms with van der Waals surface area (Å²) in [6.07, 6.45) is 0.641. The first-order valence-electron chi connectivity index (χ1n) is 5.52. The molecular formula is C12H15ClN2O2. The number of halogens is 1. The number of amides is 1. The summed E-state index contributed by atoms with van der Waals surface area (Å²) >= 11 is 5.86. The number of rotatable bonds is 2. The predicted molar refractivity (Wildman–Crippen MR) is 67.0 cm³/mol. The van der Waals surface area contributed by atoms with E-state index in [-0.39, 0.29) is 5.91 Å². The van der Waals surface area contributed by atoms with Crippen molar-refractivity contribution < 1.29 is 9.90 Å². The zero-order valence-electron chi connectivity index (χ0n) is 9.61. The number of carbonyl (C=O) groups is 1. The zero-order valence-corrected chi connectivity index (χ0v) is 10.4. The van der Waals surface area contributed by atoms with Crippen molar-refractivity contribution in [1.82, 2.24) is 4.90 Å². The Hall–Kier alpha value is -1.26. The monoisotopic (exact) mass is 254 g/mol. The van der Waals surface area contributed by atoms with Gasteiger partial charge in [-0.15, -0.1) is 0 Å². The molecule has 92 valence electrons. The first-order valence-corrected chi connectivity index (χ1v) is 5.90. The third-order valence-electron chi connectivity index (χ3n) is 3.20. The normalized spacial score (nSPS) is 17.7. The number of aliphatic hydroxyl groups is 1. The highest BCUT2D eigenvalue weighted by atomic mass is 35.5. The van der Waals surface area contributed by atoms with Crippen LogP contribution >= 0.6 is 11.6 Å². The number of nitrogens with zero attached hydrogens (tertiary/aromatic N) is 1. The van der Waals surface area contributed by atoms with Gasteiger partial charge in [0.05, 0.1) is 35.0 Å². The molecule has 0 aromatic heterocycles. The number of β-amino-alcohol motifs (C(OH)–C–C–N with tert-alkyl or cyclic N) is 1. The van der Waals surface area contributed by atoms with Gasteiger partial charge in [-0.2, -0.15) is 0 Å². The first kappa shape index (κ1) is 12.2. The molecule has 0 radical (unpaired) electrons. The van der Waals surface area contributed by atoms with Crippen molar-refractivity contribution >= 4 is 23.2 Å². The van der Waals surface area contributed by atoms with Gasteiger partial charge >= 0.3 is 0 Å². The van der Waals surface area contributed by atoms with E-state index in [2.05, 4.69) is 0 Å². The van der Waals surface area contributed by atoms with Crippen LogP contribution in [0.5, 0.6) is 0 Å². The van der Waals surface area contributed by atoms with Crippen LogP contribution in [0.1, 0.15) is 23.7 Å². The summed E-state index contributed by atoms with van der Waals surface area (Å²) in [6, 6.07) is 4.98. The topological polar surface area (TPSA) is 66.6 Å². The fraction of sp³-hybridized carbons (Fsp3) is 0.417. The molecule has 2 rings (SSSR count). The van der Waals surface area contributed by atoms with Gasteiger partial charge in [0.1, 0.15) is 0 Å². The van der Waals surface area contributed by atoms with Gasteiger partial charge in [0, 0.05) is 0 Å². The van der Waals surface area contributed by atoms with Crippen molar-refractivity contribution in [2.24, 2.45) is 0 Å². The third kappa shape index (κ3) is 2.10. The minimum Gasteiger partial charge on any atom is -0.397 e. The van der Waals surface area contributed by atoms with Gasteiger partial charge in [0.25, 0.3) is 5.91 Å². The highest BCUT2D eigenvalue weighted by molar-refractivity contribution is 6.33. The van der Waals surface area contributed by atoms with Crippen LogP contribution < -0.4 is 5.73 Å². The van der Waals surface area contributed by atoms with E-state index in [1.807, 2.05) is 6.92 Å². The van der Waals surface area contributed by atoms with E-state index >= 15 is 0 Å². The molecule has 1 aromatic carbocycles. The van der Waals surface area contributed by atoms with Crippen LogP contribution in [0.3, 0.4) is 0 Å². The van der Waals surface area contributed by atoms with Crippen LogP contribution in [-0.4, -0.2) is 34.6 Å². The van der Waals surface area contributed by atoms with Crippen LogP contribution in [0, 0.1) is 0 Å². The molecule has 5 heteroatoms. The Kier molecular flexibility index (Phi) is 3.02. The SMILES string of the molecule is CCC1(O)CN(C(=O)c2cccc(Cl)c2N)C1. The smallest absolute Gasteiger partial charge is 0.256 e. The number of carbonyl (C=O) groups excluding carboxylic acids is 1. The Morgan fingerprint density at radius 2 is 2.24 bits per heavy atom. The molecule has 1 aliphatic heterocycles. The zero-order chi connectivity index (χ0) is 12.6. The van der Waals surface area contributed by atoms with Gasteiger partial charge in [-0.3, -0.25) is 4.79 Å². The largest absolute Gasteiger partial charge is 0.397 e. The van der Waals surface area contributed by atoms with Crippen LogP contribution in [-0.2, 0) is 0 Å². The summed E-state index contributed by atoms with van der Waals surface area (Å²) in [5.74, 6) is -0.178. The fourth-order valence-corrected chi connectivity index (χ4v) is 2.10. The molecule has 1 fully saturated rings. The molecule has 3 N–H and O–H groups in total.